The van der Waals surface area contributed by atoms with Crippen molar-refractivity contribution < 1.29 is 9.18 Å². The molecule has 4 heteroatoms. The van der Waals surface area contributed by atoms with Gasteiger partial charge in [-0.1, -0.05) is 36.4 Å². The third kappa shape index (κ3) is 4.01. The van der Waals surface area contributed by atoms with E-state index >= 15 is 0 Å². The molecule has 1 unspecified atom stereocenters. The zero-order valence-corrected chi connectivity index (χ0v) is 14.1. The number of rotatable bonds is 6. The Kier molecular flexibility index (Phi) is 4.95. The zero-order valence-electron chi connectivity index (χ0n) is 14.1. The molecule has 1 saturated carbocycles. The minimum absolute atomic E-state index is 0.0137. The van der Waals surface area contributed by atoms with Gasteiger partial charge in [0.2, 0.25) is 5.91 Å². The van der Waals surface area contributed by atoms with E-state index in [4.69, 9.17) is 0 Å². The van der Waals surface area contributed by atoms with Crippen LogP contribution < -0.4 is 5.32 Å². The van der Waals surface area contributed by atoms with Crippen molar-refractivity contribution in [3.63, 3.8) is 0 Å². The molecule has 1 atom stereocenters. The van der Waals surface area contributed by atoms with Crippen molar-refractivity contribution in [3.05, 3.63) is 71.0 Å². The highest BCUT2D eigenvalue weighted by Gasteiger charge is 2.30. The van der Waals surface area contributed by atoms with Crippen LogP contribution in [0.2, 0.25) is 0 Å². The summed E-state index contributed by atoms with van der Waals surface area (Å²) in [6.07, 6.45) is 2.09. The molecule has 1 N–H and O–H groups in total. The Morgan fingerprint density at radius 3 is 2.50 bits per heavy atom. The molecule has 1 aliphatic rings. The molecule has 0 radical (unpaired) electrons. The number of halogens is 1. The van der Waals surface area contributed by atoms with Gasteiger partial charge in [-0.2, -0.15) is 0 Å². The van der Waals surface area contributed by atoms with Gasteiger partial charge in [0.05, 0.1) is 0 Å². The summed E-state index contributed by atoms with van der Waals surface area (Å²) < 4.78 is 13.3. The molecule has 2 aromatic rings. The average molecular weight is 326 g/mol. The molecule has 2 aromatic carbocycles. The maximum atomic E-state index is 13.3. The van der Waals surface area contributed by atoms with Gasteiger partial charge in [-0.25, -0.2) is 4.39 Å². The van der Waals surface area contributed by atoms with Crippen LogP contribution in [-0.2, 0) is 11.3 Å². The van der Waals surface area contributed by atoms with Crippen molar-refractivity contribution in [2.45, 2.75) is 38.4 Å². The van der Waals surface area contributed by atoms with Gasteiger partial charge in [-0.15, -0.1) is 0 Å². The van der Waals surface area contributed by atoms with Crippen molar-refractivity contribution in [2.24, 2.45) is 0 Å². The van der Waals surface area contributed by atoms with Gasteiger partial charge in [-0.05, 0) is 55.6 Å². The van der Waals surface area contributed by atoms with Crippen LogP contribution in [0.3, 0.4) is 0 Å². The quantitative estimate of drug-likeness (QED) is 0.880. The third-order valence-corrected chi connectivity index (χ3v) is 4.48. The van der Waals surface area contributed by atoms with Crippen LogP contribution in [0.4, 0.5) is 4.39 Å². The minimum Gasteiger partial charge on any atom is -0.352 e. The number of carbonyl (C=O) groups excluding carboxylic acids is 1. The van der Waals surface area contributed by atoms with Crippen LogP contribution in [0.5, 0.6) is 0 Å². The maximum Gasteiger partial charge on any atom is 0.242 e. The number of nitrogens with zero attached hydrogens (tertiary/aromatic N) is 1. The average Bonchev–Trinajstić information content (AvgIpc) is 3.36. The molecule has 0 heterocycles. The Morgan fingerprint density at radius 2 is 1.88 bits per heavy atom. The second-order valence-corrected chi connectivity index (χ2v) is 6.58. The van der Waals surface area contributed by atoms with E-state index in [1.54, 1.807) is 12.1 Å². The fourth-order valence-electron chi connectivity index (χ4n) is 2.91. The van der Waals surface area contributed by atoms with E-state index in [1.807, 2.05) is 24.1 Å². The summed E-state index contributed by atoms with van der Waals surface area (Å²) >= 11 is 0. The maximum absolute atomic E-state index is 13.3. The molecule has 3 rings (SSSR count). The molecule has 0 aliphatic heterocycles. The molecule has 0 bridgehead atoms. The molecule has 126 valence electrons. The Balaban J connectivity index is 1.83. The first-order chi connectivity index (χ1) is 11.5. The van der Waals surface area contributed by atoms with Gasteiger partial charge in [0.1, 0.15) is 11.9 Å². The normalized spacial score (nSPS) is 15.3. The number of benzene rings is 2. The van der Waals surface area contributed by atoms with Crippen LogP contribution in [0.25, 0.3) is 0 Å². The van der Waals surface area contributed by atoms with Crippen molar-refractivity contribution in [1.29, 1.82) is 0 Å². The molecule has 24 heavy (non-hydrogen) atoms. The molecule has 0 aromatic heterocycles. The van der Waals surface area contributed by atoms with Gasteiger partial charge < -0.3 is 5.32 Å². The number of aryl methyl sites for hydroxylation is 1. The Labute approximate surface area is 142 Å². The standard InChI is InChI=1S/C20H23FN2O/c1-14-5-3-4-6-16(14)13-23(2)19(20(24)22-18-11-12-18)15-7-9-17(21)10-8-15/h3-10,18-19H,11-13H2,1-2H3,(H,22,24). The summed E-state index contributed by atoms with van der Waals surface area (Å²) in [6.45, 7) is 2.73. The van der Waals surface area contributed by atoms with Crippen molar-refractivity contribution in [3.8, 4) is 0 Å². The molecule has 1 fully saturated rings. The second kappa shape index (κ2) is 7.14. The topological polar surface area (TPSA) is 32.3 Å². The van der Waals surface area contributed by atoms with Gasteiger partial charge in [0, 0.05) is 12.6 Å². The Hall–Kier alpha value is -2.20. The number of likely N-dealkylation sites (N-methyl/N-ethyl adjacent to an activating group) is 1. The predicted molar refractivity (Wildman–Crippen MR) is 93.0 cm³/mol. The highest BCUT2D eigenvalue weighted by molar-refractivity contribution is 5.83. The molecule has 1 amide bonds. The van der Waals surface area contributed by atoms with Gasteiger partial charge in [-0.3, -0.25) is 9.69 Å². The van der Waals surface area contributed by atoms with Crippen LogP contribution in [0.15, 0.2) is 48.5 Å². The lowest BCUT2D eigenvalue weighted by atomic mass is 10.0. The van der Waals surface area contributed by atoms with Crippen LogP contribution in [0.1, 0.15) is 35.6 Å². The van der Waals surface area contributed by atoms with E-state index in [0.29, 0.717) is 12.6 Å². The summed E-state index contributed by atoms with van der Waals surface area (Å²) in [5, 5.41) is 3.07. The second-order valence-electron chi connectivity index (χ2n) is 6.58. The lowest BCUT2D eigenvalue weighted by Gasteiger charge is -2.28. The number of hydrogen-bond donors (Lipinski definition) is 1. The molecular formula is C20H23FN2O. The van der Waals surface area contributed by atoms with Gasteiger partial charge in [0.25, 0.3) is 0 Å². The van der Waals surface area contributed by atoms with E-state index in [9.17, 15) is 9.18 Å². The predicted octanol–water partition coefficient (Wildman–Crippen LogP) is 3.59. The monoisotopic (exact) mass is 326 g/mol. The summed E-state index contributed by atoms with van der Waals surface area (Å²) in [7, 11) is 1.94. The molecular weight excluding hydrogens is 303 g/mol. The lowest BCUT2D eigenvalue weighted by Crippen LogP contribution is -2.39. The summed E-state index contributed by atoms with van der Waals surface area (Å²) in [6, 6.07) is 14.2. The van der Waals surface area contributed by atoms with Crippen LogP contribution >= 0.6 is 0 Å². The number of nitrogens with one attached hydrogen (secondary N) is 1. The summed E-state index contributed by atoms with van der Waals surface area (Å²) in [5.74, 6) is -0.304. The first-order valence-electron chi connectivity index (χ1n) is 8.35. The lowest BCUT2D eigenvalue weighted by molar-refractivity contribution is -0.126. The Bertz CT molecular complexity index is 710. The number of amides is 1. The SMILES string of the molecule is Cc1ccccc1CN(C)C(C(=O)NC1CC1)c1ccc(F)cc1. The zero-order chi connectivity index (χ0) is 17.1. The molecule has 1 aliphatic carbocycles. The fraction of sp³-hybridized carbons (Fsp3) is 0.350. The van der Waals surface area contributed by atoms with E-state index in [-0.39, 0.29) is 11.7 Å². The van der Waals surface area contributed by atoms with E-state index in [0.717, 1.165) is 18.4 Å². The highest BCUT2D eigenvalue weighted by atomic mass is 19.1. The van der Waals surface area contributed by atoms with Crippen LogP contribution in [0, 0.1) is 12.7 Å². The number of hydrogen-bond acceptors (Lipinski definition) is 2. The van der Waals surface area contributed by atoms with Gasteiger partial charge in [0.15, 0.2) is 0 Å². The van der Waals surface area contributed by atoms with Crippen molar-refractivity contribution in [1.82, 2.24) is 10.2 Å². The molecule has 3 nitrogen and oxygen atoms in total. The number of carbonyl (C=O) groups is 1. The fourth-order valence-corrected chi connectivity index (χ4v) is 2.91. The largest absolute Gasteiger partial charge is 0.352 e. The molecule has 0 saturated heterocycles. The highest BCUT2D eigenvalue weighted by Crippen LogP contribution is 2.26. The first-order valence-corrected chi connectivity index (χ1v) is 8.35. The smallest absolute Gasteiger partial charge is 0.242 e. The van der Waals surface area contributed by atoms with Crippen LogP contribution in [-0.4, -0.2) is 23.9 Å². The van der Waals surface area contributed by atoms with Crippen molar-refractivity contribution >= 4 is 5.91 Å². The minimum atomic E-state index is -0.425. The van der Waals surface area contributed by atoms with E-state index < -0.39 is 6.04 Å². The molecule has 0 spiro atoms. The Morgan fingerprint density at radius 1 is 1.21 bits per heavy atom. The van der Waals surface area contributed by atoms with Gasteiger partial charge >= 0.3 is 0 Å². The first kappa shape index (κ1) is 16.7. The van der Waals surface area contributed by atoms with E-state index in [1.165, 1.54) is 23.3 Å². The summed E-state index contributed by atoms with van der Waals surface area (Å²) in [5.41, 5.74) is 3.20. The summed E-state index contributed by atoms with van der Waals surface area (Å²) in [4.78, 5) is 14.8. The van der Waals surface area contributed by atoms with E-state index in [2.05, 4.69) is 24.4 Å². The van der Waals surface area contributed by atoms with Crippen molar-refractivity contribution in [2.75, 3.05) is 7.05 Å². The third-order valence-electron chi connectivity index (χ3n) is 4.48.